The monoisotopic (exact) mass is 264 g/mol. The highest BCUT2D eigenvalue weighted by Crippen LogP contribution is 2.30. The van der Waals surface area contributed by atoms with E-state index in [1.807, 2.05) is 30.1 Å². The van der Waals surface area contributed by atoms with Gasteiger partial charge in [0.2, 0.25) is 0 Å². The van der Waals surface area contributed by atoms with Gasteiger partial charge in [-0.2, -0.15) is 0 Å². The van der Waals surface area contributed by atoms with Gasteiger partial charge in [-0.1, -0.05) is 6.07 Å². The van der Waals surface area contributed by atoms with Gasteiger partial charge in [0, 0.05) is 25.9 Å². The Hall–Kier alpha value is -1.46. The molecule has 1 aromatic rings. The third kappa shape index (κ3) is 3.52. The van der Waals surface area contributed by atoms with Crippen molar-refractivity contribution < 1.29 is 14.6 Å². The molecule has 0 spiro atoms. The molecular weight excluding hydrogens is 244 g/mol. The number of nitrogens with zero attached hydrogens (tertiary/aromatic N) is 2. The smallest absolute Gasteiger partial charge is 0.313 e. The molecule has 1 saturated heterocycles. The lowest BCUT2D eigenvalue weighted by Gasteiger charge is -2.36. The Kier molecular flexibility index (Phi) is 4.50. The molecule has 0 saturated carbocycles. The highest BCUT2D eigenvalue weighted by atomic mass is 16.5. The third-order valence-corrected chi connectivity index (χ3v) is 3.51. The predicted molar refractivity (Wildman–Crippen MR) is 70.7 cm³/mol. The first-order chi connectivity index (χ1) is 9.12. The average molecular weight is 264 g/mol. The minimum atomic E-state index is -0.776. The molecule has 1 fully saturated rings. The highest BCUT2D eigenvalue weighted by molar-refractivity contribution is 5.75. The Bertz CT molecular complexity index is 416. The van der Waals surface area contributed by atoms with Crippen LogP contribution in [-0.2, 0) is 16.1 Å². The van der Waals surface area contributed by atoms with Gasteiger partial charge in [0.25, 0.3) is 0 Å². The van der Waals surface area contributed by atoms with Gasteiger partial charge in [-0.15, -0.1) is 0 Å². The van der Waals surface area contributed by atoms with Crippen LogP contribution in [0.4, 0.5) is 0 Å². The number of rotatable bonds is 5. The minimum Gasteiger partial charge on any atom is -0.481 e. The van der Waals surface area contributed by atoms with Crippen molar-refractivity contribution in [3.8, 4) is 0 Å². The van der Waals surface area contributed by atoms with E-state index in [0.717, 1.165) is 12.1 Å². The van der Waals surface area contributed by atoms with Crippen LogP contribution in [0.15, 0.2) is 24.4 Å². The van der Waals surface area contributed by atoms with E-state index in [-0.39, 0.29) is 0 Å². The molecule has 1 aliphatic rings. The normalized spacial score (nSPS) is 23.5. The fourth-order valence-electron chi connectivity index (χ4n) is 2.55. The summed E-state index contributed by atoms with van der Waals surface area (Å²) in [4.78, 5) is 17.8. The summed E-state index contributed by atoms with van der Waals surface area (Å²) in [5.74, 6) is -0.764. The summed E-state index contributed by atoms with van der Waals surface area (Å²) in [6.45, 7) is 2.10. The Morgan fingerprint density at radius 1 is 1.58 bits per heavy atom. The summed E-state index contributed by atoms with van der Waals surface area (Å²) in [6.07, 6.45) is 3.23. The quantitative estimate of drug-likeness (QED) is 0.871. The first kappa shape index (κ1) is 14.0. The van der Waals surface area contributed by atoms with Crippen molar-refractivity contribution in [2.75, 3.05) is 26.8 Å². The van der Waals surface area contributed by atoms with E-state index in [2.05, 4.69) is 4.98 Å². The van der Waals surface area contributed by atoms with Gasteiger partial charge in [0.1, 0.15) is 5.41 Å². The van der Waals surface area contributed by atoms with E-state index in [0.29, 0.717) is 32.7 Å². The van der Waals surface area contributed by atoms with E-state index in [4.69, 9.17) is 4.74 Å². The van der Waals surface area contributed by atoms with Crippen LogP contribution >= 0.6 is 0 Å². The maximum absolute atomic E-state index is 11.5. The number of hydrogen-bond acceptors (Lipinski definition) is 4. The van der Waals surface area contributed by atoms with E-state index in [1.54, 1.807) is 6.20 Å². The van der Waals surface area contributed by atoms with Gasteiger partial charge in [-0.05, 0) is 32.0 Å². The van der Waals surface area contributed by atoms with Crippen molar-refractivity contribution >= 4 is 5.97 Å². The van der Waals surface area contributed by atoms with Crippen molar-refractivity contribution in [1.82, 2.24) is 9.88 Å². The molecule has 1 N–H and O–H groups in total. The molecular formula is C14H20N2O3. The number of carboxylic acid groups (broad SMARTS) is 1. The zero-order valence-corrected chi connectivity index (χ0v) is 11.2. The standard InChI is InChI=1S/C14H20N2O3/c1-16(9-12-5-2-3-7-15-12)10-14(13(17)18)6-4-8-19-11-14/h2-3,5,7H,4,6,8-11H2,1H3,(H,17,18). The van der Waals surface area contributed by atoms with Crippen LogP contribution in [0.25, 0.3) is 0 Å². The fourth-order valence-corrected chi connectivity index (χ4v) is 2.55. The molecule has 104 valence electrons. The molecule has 0 aliphatic carbocycles. The Morgan fingerprint density at radius 2 is 2.42 bits per heavy atom. The van der Waals surface area contributed by atoms with Crippen molar-refractivity contribution in [3.05, 3.63) is 30.1 Å². The largest absolute Gasteiger partial charge is 0.481 e. The van der Waals surface area contributed by atoms with Gasteiger partial charge in [0.05, 0.1) is 12.3 Å². The van der Waals surface area contributed by atoms with Crippen molar-refractivity contribution in [1.29, 1.82) is 0 Å². The summed E-state index contributed by atoms with van der Waals surface area (Å²) < 4.78 is 5.37. The van der Waals surface area contributed by atoms with Crippen LogP contribution in [0.3, 0.4) is 0 Å². The number of hydrogen-bond donors (Lipinski definition) is 1. The van der Waals surface area contributed by atoms with Gasteiger partial charge < -0.3 is 9.84 Å². The molecule has 1 aromatic heterocycles. The maximum atomic E-state index is 11.5. The van der Waals surface area contributed by atoms with Crippen LogP contribution in [0.1, 0.15) is 18.5 Å². The average Bonchev–Trinajstić information content (AvgIpc) is 2.40. The summed E-state index contributed by atoms with van der Waals surface area (Å²) >= 11 is 0. The van der Waals surface area contributed by atoms with Crippen LogP contribution < -0.4 is 0 Å². The summed E-state index contributed by atoms with van der Waals surface area (Å²) in [6, 6.07) is 5.76. The van der Waals surface area contributed by atoms with Gasteiger partial charge in [-0.25, -0.2) is 0 Å². The molecule has 19 heavy (non-hydrogen) atoms. The highest BCUT2D eigenvalue weighted by Gasteiger charge is 2.41. The van der Waals surface area contributed by atoms with Crippen molar-refractivity contribution in [2.45, 2.75) is 19.4 Å². The Balaban J connectivity index is 1.99. The molecule has 5 nitrogen and oxygen atoms in total. The second-order valence-electron chi connectivity index (χ2n) is 5.23. The van der Waals surface area contributed by atoms with Crippen LogP contribution in [-0.4, -0.2) is 47.8 Å². The Morgan fingerprint density at radius 3 is 3.00 bits per heavy atom. The summed E-state index contributed by atoms with van der Waals surface area (Å²) in [7, 11) is 1.92. The van der Waals surface area contributed by atoms with Crippen molar-refractivity contribution in [2.24, 2.45) is 5.41 Å². The van der Waals surface area contributed by atoms with Gasteiger partial charge in [-0.3, -0.25) is 14.7 Å². The van der Waals surface area contributed by atoms with E-state index in [1.165, 1.54) is 0 Å². The zero-order valence-electron chi connectivity index (χ0n) is 11.2. The van der Waals surface area contributed by atoms with E-state index >= 15 is 0 Å². The number of aromatic nitrogens is 1. The maximum Gasteiger partial charge on any atom is 0.313 e. The molecule has 2 heterocycles. The molecule has 5 heteroatoms. The SMILES string of the molecule is CN(Cc1ccccn1)CC1(C(=O)O)CCCOC1. The summed E-state index contributed by atoms with van der Waals surface area (Å²) in [5, 5.41) is 9.48. The molecule has 1 unspecified atom stereocenters. The fraction of sp³-hybridized carbons (Fsp3) is 0.571. The van der Waals surface area contributed by atoms with Gasteiger partial charge in [0.15, 0.2) is 0 Å². The first-order valence-electron chi connectivity index (χ1n) is 6.52. The van der Waals surface area contributed by atoms with E-state index in [9.17, 15) is 9.90 Å². The molecule has 0 amide bonds. The minimum absolute atomic E-state index is 0.300. The lowest BCUT2D eigenvalue weighted by molar-refractivity contribution is -0.159. The molecule has 1 aliphatic heterocycles. The summed E-state index contributed by atoms with van der Waals surface area (Å²) in [5.41, 5.74) is 0.171. The zero-order chi connectivity index (χ0) is 13.7. The van der Waals surface area contributed by atoms with Crippen molar-refractivity contribution in [3.63, 3.8) is 0 Å². The number of pyridine rings is 1. The molecule has 1 atom stereocenters. The van der Waals surface area contributed by atoms with Gasteiger partial charge >= 0.3 is 5.97 Å². The second-order valence-corrected chi connectivity index (χ2v) is 5.23. The van der Waals surface area contributed by atoms with Crippen LogP contribution in [0, 0.1) is 5.41 Å². The second kappa shape index (κ2) is 6.12. The molecule has 0 radical (unpaired) electrons. The number of carbonyl (C=O) groups is 1. The van der Waals surface area contributed by atoms with Crippen LogP contribution in [0.5, 0.6) is 0 Å². The first-order valence-corrected chi connectivity index (χ1v) is 6.52. The number of aliphatic carboxylic acids is 1. The predicted octanol–water partition coefficient (Wildman–Crippen LogP) is 1.39. The number of ether oxygens (including phenoxy) is 1. The lowest BCUT2D eigenvalue weighted by Crippen LogP contribution is -2.47. The molecule has 0 aromatic carbocycles. The third-order valence-electron chi connectivity index (χ3n) is 3.51. The Labute approximate surface area is 113 Å². The number of carboxylic acids is 1. The molecule has 0 bridgehead atoms. The van der Waals surface area contributed by atoms with Crippen LogP contribution in [0.2, 0.25) is 0 Å². The topological polar surface area (TPSA) is 62.7 Å². The lowest BCUT2D eigenvalue weighted by atomic mass is 9.82. The molecule has 2 rings (SSSR count). The van der Waals surface area contributed by atoms with E-state index < -0.39 is 11.4 Å².